The van der Waals surface area contributed by atoms with Crippen molar-refractivity contribution in [3.8, 4) is 0 Å². The van der Waals surface area contributed by atoms with Crippen LogP contribution in [0, 0.1) is 0 Å². The van der Waals surface area contributed by atoms with Gasteiger partial charge in [0.2, 0.25) is 0 Å². The van der Waals surface area contributed by atoms with Crippen LogP contribution in [0.1, 0.15) is 18.5 Å². The second-order valence-corrected chi connectivity index (χ2v) is 4.22. The molecule has 1 atom stereocenters. The van der Waals surface area contributed by atoms with E-state index in [4.69, 9.17) is 4.74 Å². The lowest BCUT2D eigenvalue weighted by Crippen LogP contribution is -2.32. The Kier molecular flexibility index (Phi) is 5.25. The van der Waals surface area contributed by atoms with Crippen LogP contribution in [0.25, 0.3) is 0 Å². The fraction of sp³-hybridized carbons (Fsp3) is 0.357. The summed E-state index contributed by atoms with van der Waals surface area (Å²) in [4.78, 5) is 12.0. The zero-order valence-corrected chi connectivity index (χ0v) is 11.4. The zero-order chi connectivity index (χ0) is 14.2. The van der Waals surface area contributed by atoms with Crippen LogP contribution in [0.4, 0.5) is 0 Å². The largest absolute Gasteiger partial charge is 0.465 e. The highest BCUT2D eigenvalue weighted by Crippen LogP contribution is 2.14. The smallest absolute Gasteiger partial charge is 0.327 e. The van der Waals surface area contributed by atoms with Gasteiger partial charge in [0.15, 0.2) is 0 Å². The average Bonchev–Trinajstić information content (AvgIpc) is 2.98. The first-order chi connectivity index (χ1) is 9.81. The lowest BCUT2D eigenvalue weighted by molar-refractivity contribution is -0.145. The van der Waals surface area contributed by atoms with Crippen LogP contribution < -0.4 is 5.32 Å². The molecule has 20 heavy (non-hydrogen) atoms. The number of hydrogen-bond acceptors (Lipinski definition) is 5. The van der Waals surface area contributed by atoms with Gasteiger partial charge in [-0.3, -0.25) is 10.00 Å². The van der Waals surface area contributed by atoms with E-state index < -0.39 is 6.04 Å². The molecule has 0 spiro atoms. The van der Waals surface area contributed by atoms with E-state index in [9.17, 15) is 4.79 Å². The Labute approximate surface area is 117 Å². The number of esters is 1. The van der Waals surface area contributed by atoms with Gasteiger partial charge in [0, 0.05) is 12.7 Å². The van der Waals surface area contributed by atoms with Crippen molar-refractivity contribution >= 4 is 5.97 Å². The van der Waals surface area contributed by atoms with E-state index in [1.165, 1.54) is 0 Å². The Hall–Kier alpha value is -2.21. The summed E-state index contributed by atoms with van der Waals surface area (Å²) in [5.74, 6) is -0.266. The minimum Gasteiger partial charge on any atom is -0.465 e. The first kappa shape index (κ1) is 14.2. The summed E-state index contributed by atoms with van der Waals surface area (Å²) in [6.45, 7) is 3.41. The summed E-state index contributed by atoms with van der Waals surface area (Å²) < 4.78 is 6.82. The van der Waals surface area contributed by atoms with Crippen molar-refractivity contribution in [2.75, 3.05) is 13.2 Å². The molecule has 1 aromatic carbocycles. The van der Waals surface area contributed by atoms with Crippen molar-refractivity contribution in [3.05, 3.63) is 48.3 Å². The molecule has 0 fully saturated rings. The predicted octanol–water partition coefficient (Wildman–Crippen LogP) is 1.17. The molecule has 0 amide bonds. The van der Waals surface area contributed by atoms with Crippen LogP contribution >= 0.6 is 0 Å². The normalized spacial score (nSPS) is 12.1. The average molecular weight is 274 g/mol. The molecule has 1 aromatic heterocycles. The van der Waals surface area contributed by atoms with Crippen molar-refractivity contribution in [2.45, 2.75) is 19.5 Å². The molecule has 1 unspecified atom stereocenters. The maximum Gasteiger partial charge on any atom is 0.327 e. The maximum absolute atomic E-state index is 12.0. The number of hydrogen-bond donors (Lipinski definition) is 1. The number of carbonyl (C=O) groups is 1. The van der Waals surface area contributed by atoms with Gasteiger partial charge in [-0.15, -0.1) is 5.10 Å². The van der Waals surface area contributed by atoms with Crippen LogP contribution in [0.5, 0.6) is 0 Å². The first-order valence-electron chi connectivity index (χ1n) is 6.60. The topological polar surface area (TPSA) is 69.0 Å². The SMILES string of the molecule is CCOC(=O)C(NCCn1ccnn1)c1ccccc1. The minimum absolute atomic E-state index is 0.266. The van der Waals surface area contributed by atoms with Gasteiger partial charge in [-0.05, 0) is 12.5 Å². The second kappa shape index (κ2) is 7.40. The molecule has 1 heterocycles. The van der Waals surface area contributed by atoms with Gasteiger partial charge in [0.05, 0.1) is 19.3 Å². The van der Waals surface area contributed by atoms with E-state index >= 15 is 0 Å². The monoisotopic (exact) mass is 274 g/mol. The number of nitrogens with zero attached hydrogens (tertiary/aromatic N) is 3. The van der Waals surface area contributed by atoms with Gasteiger partial charge in [-0.25, -0.2) is 4.79 Å². The van der Waals surface area contributed by atoms with E-state index in [0.717, 1.165) is 5.56 Å². The molecular weight excluding hydrogens is 256 g/mol. The highest BCUT2D eigenvalue weighted by Gasteiger charge is 2.20. The van der Waals surface area contributed by atoms with E-state index in [1.54, 1.807) is 24.0 Å². The van der Waals surface area contributed by atoms with Gasteiger partial charge in [-0.1, -0.05) is 35.5 Å². The molecule has 1 N–H and O–H groups in total. The van der Waals surface area contributed by atoms with Crippen molar-refractivity contribution in [3.63, 3.8) is 0 Å². The van der Waals surface area contributed by atoms with Gasteiger partial charge in [-0.2, -0.15) is 0 Å². The number of carbonyl (C=O) groups excluding carboxylic acids is 1. The number of ether oxygens (including phenoxy) is 1. The molecule has 0 saturated heterocycles. The quantitative estimate of drug-likeness (QED) is 0.768. The van der Waals surface area contributed by atoms with E-state index in [1.807, 2.05) is 30.3 Å². The third kappa shape index (κ3) is 3.89. The van der Waals surface area contributed by atoms with Gasteiger partial charge >= 0.3 is 5.97 Å². The van der Waals surface area contributed by atoms with E-state index in [0.29, 0.717) is 19.7 Å². The summed E-state index contributed by atoms with van der Waals surface area (Å²) in [7, 11) is 0. The molecular formula is C14H18N4O2. The Morgan fingerprint density at radius 2 is 2.20 bits per heavy atom. The van der Waals surface area contributed by atoms with Gasteiger partial charge in [0.1, 0.15) is 6.04 Å². The Bertz CT molecular complexity index is 513. The summed E-state index contributed by atoms with van der Waals surface area (Å²) in [6.07, 6.45) is 3.41. The van der Waals surface area contributed by atoms with Crippen LogP contribution in [0.3, 0.4) is 0 Å². The molecule has 6 nitrogen and oxygen atoms in total. The first-order valence-corrected chi connectivity index (χ1v) is 6.60. The predicted molar refractivity (Wildman–Crippen MR) is 73.8 cm³/mol. The molecule has 2 aromatic rings. The van der Waals surface area contributed by atoms with Gasteiger partial charge < -0.3 is 4.74 Å². The number of benzene rings is 1. The fourth-order valence-corrected chi connectivity index (χ4v) is 1.88. The Morgan fingerprint density at radius 1 is 1.40 bits per heavy atom. The lowest BCUT2D eigenvalue weighted by Gasteiger charge is -2.17. The summed E-state index contributed by atoms with van der Waals surface area (Å²) >= 11 is 0. The van der Waals surface area contributed by atoms with Crippen molar-refractivity contribution < 1.29 is 9.53 Å². The second-order valence-electron chi connectivity index (χ2n) is 4.22. The highest BCUT2D eigenvalue weighted by molar-refractivity contribution is 5.77. The van der Waals surface area contributed by atoms with Crippen molar-refractivity contribution in [2.24, 2.45) is 0 Å². The maximum atomic E-state index is 12.0. The van der Waals surface area contributed by atoms with Crippen LogP contribution in [0.15, 0.2) is 42.7 Å². The number of nitrogens with one attached hydrogen (secondary N) is 1. The number of rotatable bonds is 7. The van der Waals surface area contributed by atoms with E-state index in [2.05, 4.69) is 15.6 Å². The Balaban J connectivity index is 1.97. The van der Waals surface area contributed by atoms with E-state index in [-0.39, 0.29) is 5.97 Å². The third-order valence-electron chi connectivity index (χ3n) is 2.82. The van der Waals surface area contributed by atoms with Crippen molar-refractivity contribution in [1.29, 1.82) is 0 Å². The summed E-state index contributed by atoms with van der Waals surface area (Å²) in [6, 6.07) is 9.08. The molecule has 0 bridgehead atoms. The molecule has 0 saturated carbocycles. The molecule has 0 radical (unpaired) electrons. The highest BCUT2D eigenvalue weighted by atomic mass is 16.5. The lowest BCUT2D eigenvalue weighted by atomic mass is 10.1. The molecule has 2 rings (SSSR count). The molecule has 0 aliphatic carbocycles. The van der Waals surface area contributed by atoms with Crippen LogP contribution in [0.2, 0.25) is 0 Å². The molecule has 0 aliphatic heterocycles. The molecule has 0 aliphatic rings. The van der Waals surface area contributed by atoms with Gasteiger partial charge in [0.25, 0.3) is 0 Å². The third-order valence-corrected chi connectivity index (χ3v) is 2.82. The van der Waals surface area contributed by atoms with Crippen molar-refractivity contribution in [1.82, 2.24) is 20.3 Å². The Morgan fingerprint density at radius 3 is 2.85 bits per heavy atom. The summed E-state index contributed by atoms with van der Waals surface area (Å²) in [5.41, 5.74) is 0.893. The zero-order valence-electron chi connectivity index (χ0n) is 11.4. The fourth-order valence-electron chi connectivity index (χ4n) is 1.88. The van der Waals surface area contributed by atoms with Crippen LogP contribution in [-0.2, 0) is 16.1 Å². The summed E-state index contributed by atoms with van der Waals surface area (Å²) in [5, 5.41) is 10.8. The standard InChI is InChI=1S/C14H18N4O2/c1-2-20-14(19)13(12-6-4-3-5-7-12)15-8-10-18-11-9-16-17-18/h3-7,9,11,13,15H,2,8,10H2,1H3. The molecule has 106 valence electrons. The van der Waals surface area contributed by atoms with Crippen LogP contribution in [-0.4, -0.2) is 34.1 Å². The molecule has 6 heteroatoms. The number of aromatic nitrogens is 3. The minimum atomic E-state index is -0.459.